The van der Waals surface area contributed by atoms with Gasteiger partial charge in [-0.05, 0) is 31.9 Å². The van der Waals surface area contributed by atoms with E-state index >= 15 is 0 Å². The molecule has 0 amide bonds. The van der Waals surface area contributed by atoms with Crippen LogP contribution in [0.3, 0.4) is 0 Å². The van der Waals surface area contributed by atoms with E-state index in [1.807, 2.05) is 0 Å². The van der Waals surface area contributed by atoms with Crippen molar-refractivity contribution in [3.05, 3.63) is 41.5 Å². The van der Waals surface area contributed by atoms with Gasteiger partial charge < -0.3 is 4.74 Å². The summed E-state index contributed by atoms with van der Waals surface area (Å²) in [6, 6.07) is 4.87. The fraction of sp³-hybridized carbons (Fsp3) is 0.400. The Kier molecular flexibility index (Phi) is 8.88. The first-order valence-corrected chi connectivity index (χ1v) is 10.1. The highest BCUT2D eigenvalue weighted by Gasteiger charge is 2.20. The van der Waals surface area contributed by atoms with Crippen LogP contribution in [0.15, 0.2) is 30.4 Å². The number of unbranched alkanes of at least 4 members (excludes halogenated alkanes) is 1. The first-order valence-electron chi connectivity index (χ1n) is 7.55. The monoisotopic (exact) mass is 406 g/mol. The second-order valence-electron chi connectivity index (χ2n) is 5.23. The molecule has 1 atom stereocenters. The summed E-state index contributed by atoms with van der Waals surface area (Å²) in [5.74, 6) is -0.608. The summed E-state index contributed by atoms with van der Waals surface area (Å²) in [4.78, 5) is 11.9. The number of carbonyl (C=O) groups is 1. The number of rotatable bonds is 10. The molecule has 3 N–H and O–H groups in total. The molecule has 9 nitrogen and oxygen atoms in total. The molecule has 0 aromatic heterocycles. The van der Waals surface area contributed by atoms with E-state index < -0.39 is 27.5 Å². The minimum Gasteiger partial charge on any atom is -0.465 e. The summed E-state index contributed by atoms with van der Waals surface area (Å²) in [6.07, 6.45) is 4.23. The van der Waals surface area contributed by atoms with Gasteiger partial charge in [0.1, 0.15) is 0 Å². The van der Waals surface area contributed by atoms with Gasteiger partial charge in [0.05, 0.1) is 31.5 Å². The Morgan fingerprint density at radius 1 is 1.38 bits per heavy atom. The van der Waals surface area contributed by atoms with E-state index in [2.05, 4.69) is 4.18 Å². The Morgan fingerprint density at radius 3 is 2.65 bits per heavy atom. The van der Waals surface area contributed by atoms with Crippen molar-refractivity contribution in [3.63, 3.8) is 0 Å². The highest BCUT2D eigenvalue weighted by atomic mass is 32.2. The van der Waals surface area contributed by atoms with E-state index in [0.717, 1.165) is 9.87 Å². The van der Waals surface area contributed by atoms with Crippen LogP contribution in [-0.4, -0.2) is 43.4 Å². The molecule has 0 saturated heterocycles. The van der Waals surface area contributed by atoms with Crippen molar-refractivity contribution in [2.75, 3.05) is 24.6 Å². The minimum atomic E-state index is -3.95. The number of nitrogens with zero attached hydrogens (tertiary/aromatic N) is 1. The topological polar surface area (TPSA) is 136 Å². The molecule has 0 heterocycles. The maximum Gasteiger partial charge on any atom is 0.340 e. The molecule has 0 aliphatic carbocycles. The van der Waals surface area contributed by atoms with Crippen molar-refractivity contribution in [1.82, 2.24) is 0 Å². The zero-order chi connectivity index (χ0) is 19.7. The van der Waals surface area contributed by atoms with Crippen LogP contribution in [0.1, 0.15) is 28.8 Å². The number of carbonyl (C=O) groups excluding carboxylic acids is 1. The number of hydrogen-bond donors (Lipinski definition) is 2. The van der Waals surface area contributed by atoms with E-state index in [-0.39, 0.29) is 24.4 Å². The maximum absolute atomic E-state index is 11.9. The van der Waals surface area contributed by atoms with Crippen LogP contribution in [0, 0.1) is 6.92 Å². The number of benzene rings is 1. The van der Waals surface area contributed by atoms with Gasteiger partial charge in [-0.25, -0.2) is 14.1 Å². The molecular formula is C15H22N2O7S2. The molecule has 1 unspecified atom stereocenters. The lowest BCUT2D eigenvalue weighted by Gasteiger charge is -2.21. The molecule has 1 aromatic rings. The Bertz CT molecular complexity index is 778. The fourth-order valence-electron chi connectivity index (χ4n) is 2.05. The van der Waals surface area contributed by atoms with E-state index in [0.29, 0.717) is 12.8 Å². The number of esters is 1. The normalized spacial score (nSPS) is 12.9. The van der Waals surface area contributed by atoms with Gasteiger partial charge in [0.25, 0.3) is 11.3 Å². The van der Waals surface area contributed by atoms with E-state index in [1.165, 1.54) is 7.11 Å². The number of aryl methyl sites for hydroxylation is 1. The number of hydrogen-bond acceptors (Lipinski definition) is 6. The van der Waals surface area contributed by atoms with E-state index in [4.69, 9.17) is 9.88 Å². The van der Waals surface area contributed by atoms with Gasteiger partial charge in [0.2, 0.25) is 0 Å². The summed E-state index contributed by atoms with van der Waals surface area (Å²) < 4.78 is 52.7. The molecule has 0 radical (unpaired) electrons. The number of anilines is 1. The molecule has 0 spiro atoms. The molecule has 26 heavy (non-hydrogen) atoms. The second kappa shape index (κ2) is 10.4. The van der Waals surface area contributed by atoms with Gasteiger partial charge in [0, 0.05) is 0 Å². The summed E-state index contributed by atoms with van der Waals surface area (Å²) in [5.41, 5.74) is 1.26. The summed E-state index contributed by atoms with van der Waals surface area (Å²) in [5, 5.41) is 4.70. The van der Waals surface area contributed by atoms with Gasteiger partial charge in [-0.2, -0.15) is 8.42 Å². The third kappa shape index (κ3) is 7.62. The van der Waals surface area contributed by atoms with Crippen LogP contribution in [0.4, 0.5) is 5.69 Å². The van der Waals surface area contributed by atoms with Crippen LogP contribution in [-0.2, 0) is 30.5 Å². The zero-order valence-corrected chi connectivity index (χ0v) is 16.1. The highest BCUT2D eigenvalue weighted by molar-refractivity contribution is 7.84. The van der Waals surface area contributed by atoms with Crippen LogP contribution in [0.5, 0.6) is 0 Å². The molecule has 11 heteroatoms. The van der Waals surface area contributed by atoms with Crippen LogP contribution < -0.4 is 9.44 Å². The third-order valence-electron chi connectivity index (χ3n) is 3.22. The Labute approximate surface area is 155 Å². The Balaban J connectivity index is 2.77. The first kappa shape index (κ1) is 22.3. The first-order chi connectivity index (χ1) is 12.2. The zero-order valence-electron chi connectivity index (χ0n) is 14.5. The van der Waals surface area contributed by atoms with Crippen LogP contribution >= 0.6 is 0 Å². The second-order valence-corrected chi connectivity index (χ2v) is 7.36. The lowest BCUT2D eigenvalue weighted by molar-refractivity contribution is 0.0601. The highest BCUT2D eigenvalue weighted by Crippen LogP contribution is 2.24. The van der Waals surface area contributed by atoms with Crippen LogP contribution in [0.25, 0.3) is 0 Å². The third-order valence-corrected chi connectivity index (χ3v) is 4.43. The molecule has 0 bridgehead atoms. The smallest absolute Gasteiger partial charge is 0.340 e. The average molecular weight is 406 g/mol. The Morgan fingerprint density at radius 2 is 2.08 bits per heavy atom. The maximum atomic E-state index is 11.9. The molecule has 0 aliphatic rings. The fourth-order valence-corrected chi connectivity index (χ4v) is 2.94. The van der Waals surface area contributed by atoms with Crippen molar-refractivity contribution in [2.45, 2.75) is 19.8 Å². The average Bonchev–Trinajstić information content (AvgIpc) is 2.55. The lowest BCUT2D eigenvalue weighted by atomic mass is 10.1. The van der Waals surface area contributed by atoms with Crippen molar-refractivity contribution >= 4 is 33.2 Å². The van der Waals surface area contributed by atoms with Crippen molar-refractivity contribution in [2.24, 2.45) is 5.14 Å². The molecule has 0 fully saturated rings. The molecule has 0 aliphatic heterocycles. The van der Waals surface area contributed by atoms with Gasteiger partial charge in [-0.1, -0.05) is 23.8 Å². The van der Waals surface area contributed by atoms with Gasteiger partial charge in [0.15, 0.2) is 0 Å². The molecule has 0 saturated carbocycles. The number of methoxy groups -OCH3 is 1. The van der Waals surface area contributed by atoms with Crippen molar-refractivity contribution in [1.29, 1.82) is 0 Å². The van der Waals surface area contributed by atoms with Crippen molar-refractivity contribution in [3.8, 4) is 0 Å². The quantitative estimate of drug-likeness (QED) is 0.258. The van der Waals surface area contributed by atoms with Gasteiger partial charge >= 0.3 is 16.3 Å². The predicted molar refractivity (Wildman–Crippen MR) is 98.1 cm³/mol. The largest absolute Gasteiger partial charge is 0.465 e. The van der Waals surface area contributed by atoms with Gasteiger partial charge in [-0.15, -0.1) is 0 Å². The number of ether oxygens (including phenoxy) is 1. The molecule has 1 rings (SSSR count). The van der Waals surface area contributed by atoms with Crippen LogP contribution in [0.2, 0.25) is 0 Å². The lowest BCUT2D eigenvalue weighted by Crippen LogP contribution is -2.27. The molecule has 146 valence electrons. The summed E-state index contributed by atoms with van der Waals surface area (Å²) >= 11 is -2.36. The summed E-state index contributed by atoms with van der Waals surface area (Å²) in [7, 11) is -2.71. The van der Waals surface area contributed by atoms with Crippen molar-refractivity contribution < 1.29 is 30.9 Å². The van der Waals surface area contributed by atoms with E-state index in [9.17, 15) is 22.0 Å². The standard InChI is InChI=1S/C15H22N2O7S2/c1-12-7-8-14(13(11-12)15(18)23-2)17(25(19)20)9-5-3-4-6-10-24-26(16,21)22/h3,5,7-8,11H,4,6,9-10H2,1-2H3,(H,19,20)(H2,16,21,22)/b5-3+. The SMILES string of the molecule is COC(=O)c1cc(C)ccc1N(C/C=C/CCCOS(N)(=O)=O)S(=O)O. The predicted octanol–water partition coefficient (Wildman–Crippen LogP) is 1.28. The number of nitrogens with two attached hydrogens (primary N) is 1. The number of allylic oxidation sites excluding steroid dienone is 1. The molecule has 1 aromatic carbocycles. The van der Waals surface area contributed by atoms with E-state index in [1.54, 1.807) is 37.3 Å². The summed E-state index contributed by atoms with van der Waals surface area (Å²) in [6.45, 7) is 1.80. The minimum absolute atomic E-state index is 0.0523. The van der Waals surface area contributed by atoms with Gasteiger partial charge in [-0.3, -0.25) is 13.0 Å². The Hall–Kier alpha value is -1.79. The molecular weight excluding hydrogens is 384 g/mol.